The highest BCUT2D eigenvalue weighted by Gasteiger charge is 2.11. The van der Waals surface area contributed by atoms with E-state index < -0.39 is 5.97 Å². The molecule has 118 valence electrons. The van der Waals surface area contributed by atoms with Crippen molar-refractivity contribution in [3.05, 3.63) is 59.4 Å². The predicted molar refractivity (Wildman–Crippen MR) is 87.6 cm³/mol. The minimum Gasteiger partial charge on any atom is -0.485 e. The molecule has 0 unspecified atom stereocenters. The number of hydrogen-bond donors (Lipinski definition) is 1. The first kappa shape index (κ1) is 15.1. The van der Waals surface area contributed by atoms with Gasteiger partial charge in [-0.3, -0.25) is 4.79 Å². The molecule has 0 bridgehead atoms. The molecule has 0 aliphatic rings. The van der Waals surface area contributed by atoms with Crippen LogP contribution in [0.3, 0.4) is 0 Å². The van der Waals surface area contributed by atoms with E-state index >= 15 is 0 Å². The van der Waals surface area contributed by atoms with Gasteiger partial charge in [-0.15, -0.1) is 0 Å². The van der Waals surface area contributed by atoms with Gasteiger partial charge in [-0.05, 0) is 30.7 Å². The Morgan fingerprint density at radius 1 is 1.26 bits per heavy atom. The number of ether oxygens (including phenoxy) is 1. The molecule has 0 fully saturated rings. The van der Waals surface area contributed by atoms with Gasteiger partial charge in [0.05, 0.1) is 17.5 Å². The molecule has 0 aliphatic heterocycles. The predicted octanol–water partition coefficient (Wildman–Crippen LogP) is 3.09. The number of benzene rings is 2. The summed E-state index contributed by atoms with van der Waals surface area (Å²) in [4.78, 5) is 15.5. The van der Waals surface area contributed by atoms with Gasteiger partial charge in [0, 0.05) is 12.6 Å². The van der Waals surface area contributed by atoms with Crippen LogP contribution in [0, 0.1) is 6.92 Å². The summed E-state index contributed by atoms with van der Waals surface area (Å²) < 4.78 is 7.82. The summed E-state index contributed by atoms with van der Waals surface area (Å²) in [5, 5.41) is 8.97. The lowest BCUT2D eigenvalue weighted by molar-refractivity contribution is -0.136. The SMILES string of the molecule is Cc1ccc2nc(COc3ccccc3CC(=O)O)n(C)c2c1. The third kappa shape index (κ3) is 3.18. The van der Waals surface area contributed by atoms with Gasteiger partial charge in [-0.2, -0.15) is 0 Å². The first-order valence-corrected chi connectivity index (χ1v) is 7.39. The largest absolute Gasteiger partial charge is 0.485 e. The summed E-state index contributed by atoms with van der Waals surface area (Å²) in [6.07, 6.45) is -0.0576. The third-order valence-electron chi connectivity index (χ3n) is 3.80. The van der Waals surface area contributed by atoms with Crippen LogP contribution in [-0.4, -0.2) is 20.6 Å². The Bertz CT molecular complexity index is 868. The number of para-hydroxylation sites is 1. The fourth-order valence-corrected chi connectivity index (χ4v) is 2.57. The molecule has 1 aromatic heterocycles. The Kier molecular flexibility index (Phi) is 4.02. The van der Waals surface area contributed by atoms with Gasteiger partial charge in [0.25, 0.3) is 0 Å². The molecule has 3 aromatic rings. The van der Waals surface area contributed by atoms with Crippen molar-refractivity contribution < 1.29 is 14.6 Å². The van der Waals surface area contributed by atoms with Crippen LogP contribution in [0.1, 0.15) is 17.0 Å². The standard InChI is InChI=1S/C18H18N2O3/c1-12-7-8-14-15(9-12)20(2)17(19-14)11-23-16-6-4-3-5-13(16)10-18(21)22/h3-9H,10-11H2,1-2H3,(H,21,22). The van der Waals surface area contributed by atoms with Crippen LogP contribution in [0.25, 0.3) is 11.0 Å². The summed E-state index contributed by atoms with van der Waals surface area (Å²) >= 11 is 0. The number of aryl methyl sites for hydroxylation is 2. The molecule has 0 amide bonds. The topological polar surface area (TPSA) is 64.3 Å². The molecular weight excluding hydrogens is 292 g/mol. The summed E-state index contributed by atoms with van der Waals surface area (Å²) in [6.45, 7) is 2.34. The lowest BCUT2D eigenvalue weighted by atomic mass is 10.1. The second kappa shape index (κ2) is 6.12. The Labute approximate surface area is 134 Å². The number of carbonyl (C=O) groups is 1. The zero-order valence-corrected chi connectivity index (χ0v) is 13.1. The molecule has 0 spiro atoms. The van der Waals surface area contributed by atoms with Gasteiger partial charge in [0.15, 0.2) is 0 Å². The normalized spacial score (nSPS) is 10.9. The number of fused-ring (bicyclic) bond motifs is 1. The quantitative estimate of drug-likeness (QED) is 0.786. The molecule has 1 heterocycles. The van der Waals surface area contributed by atoms with E-state index in [9.17, 15) is 4.79 Å². The van der Waals surface area contributed by atoms with Crippen LogP contribution in [0.5, 0.6) is 5.75 Å². The summed E-state index contributed by atoms with van der Waals surface area (Å²) in [7, 11) is 1.95. The second-order valence-electron chi connectivity index (χ2n) is 5.55. The second-order valence-corrected chi connectivity index (χ2v) is 5.55. The molecule has 23 heavy (non-hydrogen) atoms. The van der Waals surface area contributed by atoms with Crippen molar-refractivity contribution in [2.75, 3.05) is 0 Å². The molecule has 5 heteroatoms. The molecule has 0 saturated carbocycles. The average Bonchev–Trinajstić information content (AvgIpc) is 2.82. The van der Waals surface area contributed by atoms with Crippen LogP contribution in [-0.2, 0) is 24.9 Å². The van der Waals surface area contributed by atoms with Gasteiger partial charge >= 0.3 is 5.97 Å². The van der Waals surface area contributed by atoms with Crippen LogP contribution in [0.2, 0.25) is 0 Å². The molecule has 3 rings (SSSR count). The molecule has 0 atom stereocenters. The van der Waals surface area contributed by atoms with Crippen molar-refractivity contribution in [1.82, 2.24) is 9.55 Å². The Hall–Kier alpha value is -2.82. The van der Waals surface area contributed by atoms with Crippen molar-refractivity contribution in [3.63, 3.8) is 0 Å². The number of carboxylic acid groups (broad SMARTS) is 1. The maximum atomic E-state index is 10.9. The van der Waals surface area contributed by atoms with Gasteiger partial charge in [0.1, 0.15) is 18.2 Å². The summed E-state index contributed by atoms with van der Waals surface area (Å²) in [6, 6.07) is 13.3. The van der Waals surface area contributed by atoms with Gasteiger partial charge in [-0.1, -0.05) is 24.3 Å². The van der Waals surface area contributed by atoms with E-state index in [-0.39, 0.29) is 6.42 Å². The third-order valence-corrected chi connectivity index (χ3v) is 3.80. The molecule has 0 aliphatic carbocycles. The minimum atomic E-state index is -0.876. The van der Waals surface area contributed by atoms with Crippen LogP contribution < -0.4 is 4.74 Å². The lowest BCUT2D eigenvalue weighted by Gasteiger charge is -2.10. The van der Waals surface area contributed by atoms with E-state index in [1.165, 1.54) is 5.56 Å². The fourth-order valence-electron chi connectivity index (χ4n) is 2.57. The van der Waals surface area contributed by atoms with Crippen molar-refractivity contribution in [3.8, 4) is 5.75 Å². The van der Waals surface area contributed by atoms with E-state index in [0.29, 0.717) is 17.9 Å². The first-order valence-electron chi connectivity index (χ1n) is 7.39. The van der Waals surface area contributed by atoms with Crippen molar-refractivity contribution >= 4 is 17.0 Å². The van der Waals surface area contributed by atoms with Crippen LogP contribution in [0.4, 0.5) is 0 Å². The Balaban J connectivity index is 1.84. The number of aliphatic carboxylic acids is 1. The van der Waals surface area contributed by atoms with Crippen molar-refractivity contribution in [2.45, 2.75) is 20.0 Å². The number of carboxylic acids is 1. The Morgan fingerprint density at radius 3 is 2.83 bits per heavy atom. The molecule has 5 nitrogen and oxygen atoms in total. The van der Waals surface area contributed by atoms with E-state index in [1.807, 2.05) is 42.8 Å². The first-order chi connectivity index (χ1) is 11.0. The molecule has 2 aromatic carbocycles. The lowest BCUT2D eigenvalue weighted by Crippen LogP contribution is -2.07. The van der Waals surface area contributed by atoms with Gasteiger partial charge < -0.3 is 14.4 Å². The van der Waals surface area contributed by atoms with E-state index in [1.54, 1.807) is 12.1 Å². The number of hydrogen-bond acceptors (Lipinski definition) is 3. The number of rotatable bonds is 5. The van der Waals surface area contributed by atoms with E-state index in [4.69, 9.17) is 9.84 Å². The zero-order valence-electron chi connectivity index (χ0n) is 13.1. The summed E-state index contributed by atoms with van der Waals surface area (Å²) in [5.41, 5.74) is 3.83. The number of nitrogens with zero attached hydrogens (tertiary/aromatic N) is 2. The monoisotopic (exact) mass is 310 g/mol. The number of aromatic nitrogens is 2. The maximum Gasteiger partial charge on any atom is 0.307 e. The van der Waals surface area contributed by atoms with E-state index in [2.05, 4.69) is 11.1 Å². The van der Waals surface area contributed by atoms with E-state index in [0.717, 1.165) is 16.9 Å². The highest BCUT2D eigenvalue weighted by atomic mass is 16.5. The van der Waals surface area contributed by atoms with Gasteiger partial charge in [-0.25, -0.2) is 4.98 Å². The maximum absolute atomic E-state index is 10.9. The van der Waals surface area contributed by atoms with Crippen molar-refractivity contribution in [1.29, 1.82) is 0 Å². The van der Waals surface area contributed by atoms with Crippen molar-refractivity contribution in [2.24, 2.45) is 7.05 Å². The smallest absolute Gasteiger partial charge is 0.307 e. The average molecular weight is 310 g/mol. The molecule has 0 radical (unpaired) electrons. The van der Waals surface area contributed by atoms with Gasteiger partial charge in [0.2, 0.25) is 0 Å². The highest BCUT2D eigenvalue weighted by Crippen LogP contribution is 2.21. The highest BCUT2D eigenvalue weighted by molar-refractivity contribution is 5.76. The molecule has 1 N–H and O–H groups in total. The number of imidazole rings is 1. The van der Waals surface area contributed by atoms with Crippen LogP contribution in [0.15, 0.2) is 42.5 Å². The Morgan fingerprint density at radius 2 is 2.04 bits per heavy atom. The molecule has 0 saturated heterocycles. The minimum absolute atomic E-state index is 0.0576. The summed E-state index contributed by atoms with van der Waals surface area (Å²) in [5.74, 6) is 0.508. The fraction of sp³-hybridized carbons (Fsp3) is 0.222. The zero-order chi connectivity index (χ0) is 16.4. The van der Waals surface area contributed by atoms with Crippen LogP contribution >= 0.6 is 0 Å². The molecular formula is C18H18N2O3.